The molecular formula is C27H40N2O6S. The van der Waals surface area contributed by atoms with Gasteiger partial charge in [-0.2, -0.15) is 0 Å². The average Bonchev–Trinajstić information content (AvgIpc) is 2.81. The van der Waals surface area contributed by atoms with E-state index in [2.05, 4.69) is 16.9 Å². The normalized spacial score (nSPS) is 30.3. The fraction of sp³-hybridized carbons (Fsp3) is 0.667. The summed E-state index contributed by atoms with van der Waals surface area (Å²) in [7, 11) is -3.57. The SMILES string of the molecule is CC(C)(C)OC(=O)N1CCC[C@@]2(CC=CS(=O)(=O)N2)[C@@H]1COC1CCC(OCc2ccccc2)CC1. The number of amides is 1. The zero-order chi connectivity index (χ0) is 25.8. The van der Waals surface area contributed by atoms with Crippen LogP contribution < -0.4 is 4.72 Å². The van der Waals surface area contributed by atoms with Gasteiger partial charge in [0.1, 0.15) is 5.60 Å². The lowest BCUT2D eigenvalue weighted by Gasteiger charge is -2.50. The molecule has 9 heteroatoms. The van der Waals surface area contributed by atoms with Crippen LogP contribution in [0.4, 0.5) is 4.79 Å². The second kappa shape index (κ2) is 11.2. The summed E-state index contributed by atoms with van der Waals surface area (Å²) in [6.07, 6.45) is 6.94. The largest absolute Gasteiger partial charge is 0.444 e. The standard InChI is InChI=1S/C27H40N2O6S/c1-26(2,3)35-25(30)29-17-7-15-27(16-8-18-36(31,32)28-27)24(29)20-34-23-13-11-22(12-14-23)33-19-21-9-5-4-6-10-21/h4-6,8-10,18,22-24,28H,7,11-17,19-20H2,1-3H3/t22?,23?,24-,27+/m0/s1. The monoisotopic (exact) mass is 520 g/mol. The maximum absolute atomic E-state index is 13.1. The number of benzene rings is 1. The molecule has 0 aromatic heterocycles. The van der Waals surface area contributed by atoms with Crippen molar-refractivity contribution < 1.29 is 27.4 Å². The van der Waals surface area contributed by atoms with Crippen molar-refractivity contribution in [2.75, 3.05) is 13.2 Å². The molecule has 200 valence electrons. The number of likely N-dealkylation sites (tertiary alicyclic amines) is 1. The van der Waals surface area contributed by atoms with Gasteiger partial charge in [0.25, 0.3) is 0 Å². The lowest BCUT2D eigenvalue weighted by Crippen LogP contribution is -2.68. The number of piperidine rings is 1. The van der Waals surface area contributed by atoms with Crippen LogP contribution >= 0.6 is 0 Å². The maximum atomic E-state index is 13.1. The molecule has 8 nitrogen and oxygen atoms in total. The Labute approximate surface area is 215 Å². The molecule has 36 heavy (non-hydrogen) atoms. The van der Waals surface area contributed by atoms with E-state index in [1.807, 2.05) is 39.0 Å². The molecule has 0 bridgehead atoms. The second-order valence-corrected chi connectivity index (χ2v) is 12.8. The summed E-state index contributed by atoms with van der Waals surface area (Å²) >= 11 is 0. The quantitative estimate of drug-likeness (QED) is 0.593. The molecule has 1 aromatic rings. The molecule has 0 radical (unpaired) electrons. The number of carbonyl (C=O) groups is 1. The second-order valence-electron chi connectivity index (χ2n) is 11.2. The summed E-state index contributed by atoms with van der Waals surface area (Å²) in [4.78, 5) is 14.8. The van der Waals surface area contributed by atoms with E-state index in [9.17, 15) is 13.2 Å². The number of nitrogens with one attached hydrogen (secondary N) is 1. The predicted molar refractivity (Wildman–Crippen MR) is 138 cm³/mol. The minimum atomic E-state index is -3.57. The van der Waals surface area contributed by atoms with E-state index in [0.717, 1.165) is 25.7 Å². The maximum Gasteiger partial charge on any atom is 0.410 e. The zero-order valence-corrected chi connectivity index (χ0v) is 22.5. The minimum Gasteiger partial charge on any atom is -0.444 e. The van der Waals surface area contributed by atoms with Crippen LogP contribution in [0.25, 0.3) is 0 Å². The third kappa shape index (κ3) is 7.09. The van der Waals surface area contributed by atoms with Crippen molar-refractivity contribution >= 4 is 16.1 Å². The van der Waals surface area contributed by atoms with E-state index in [0.29, 0.717) is 32.4 Å². The first kappa shape index (κ1) is 27.1. The number of carbonyl (C=O) groups excluding carboxylic acids is 1. The Morgan fingerprint density at radius 1 is 1.08 bits per heavy atom. The summed E-state index contributed by atoms with van der Waals surface area (Å²) in [6, 6.07) is 9.72. The van der Waals surface area contributed by atoms with Crippen molar-refractivity contribution in [2.45, 2.75) is 102 Å². The number of nitrogens with zero attached hydrogens (tertiary/aromatic N) is 1. The molecule has 2 heterocycles. The Kier molecular flexibility index (Phi) is 8.44. The van der Waals surface area contributed by atoms with E-state index >= 15 is 0 Å². The van der Waals surface area contributed by atoms with E-state index in [1.165, 1.54) is 11.0 Å². The Balaban J connectivity index is 1.38. The Morgan fingerprint density at radius 3 is 2.39 bits per heavy atom. The molecule has 1 saturated carbocycles. The molecule has 2 fully saturated rings. The van der Waals surface area contributed by atoms with Crippen LogP contribution in [0.5, 0.6) is 0 Å². The summed E-state index contributed by atoms with van der Waals surface area (Å²) in [6.45, 7) is 6.88. The van der Waals surface area contributed by atoms with Crippen LogP contribution in [-0.2, 0) is 30.8 Å². The van der Waals surface area contributed by atoms with Gasteiger partial charge < -0.3 is 19.1 Å². The minimum absolute atomic E-state index is 0.0526. The van der Waals surface area contributed by atoms with Crippen LogP contribution in [0, 0.1) is 0 Å². The highest BCUT2D eigenvalue weighted by Crippen LogP contribution is 2.36. The third-order valence-corrected chi connectivity index (χ3v) is 8.45. The number of hydrogen-bond donors (Lipinski definition) is 1. The first-order valence-corrected chi connectivity index (χ1v) is 14.6. The predicted octanol–water partition coefficient (Wildman–Crippen LogP) is 4.51. The van der Waals surface area contributed by atoms with Gasteiger partial charge in [-0.3, -0.25) is 0 Å². The van der Waals surface area contributed by atoms with Gasteiger partial charge in [-0.05, 0) is 71.3 Å². The Morgan fingerprint density at radius 2 is 1.75 bits per heavy atom. The number of rotatable bonds is 6. The lowest BCUT2D eigenvalue weighted by atomic mass is 9.79. The Bertz CT molecular complexity index is 1010. The molecule has 1 aromatic carbocycles. The van der Waals surface area contributed by atoms with Gasteiger partial charge in [-0.25, -0.2) is 17.9 Å². The molecule has 0 unspecified atom stereocenters. The molecule has 2 atom stereocenters. The van der Waals surface area contributed by atoms with E-state index in [-0.39, 0.29) is 18.8 Å². The highest BCUT2D eigenvalue weighted by Gasteiger charge is 2.50. The number of hydrogen-bond acceptors (Lipinski definition) is 6. The molecule has 3 aliphatic rings. The Hall–Kier alpha value is -1.94. The van der Waals surface area contributed by atoms with Crippen molar-refractivity contribution in [3.63, 3.8) is 0 Å². The topological polar surface area (TPSA) is 94.2 Å². The molecular weight excluding hydrogens is 480 g/mol. The summed E-state index contributed by atoms with van der Waals surface area (Å²) in [5.41, 5.74) is -0.264. The first-order chi connectivity index (χ1) is 17.1. The summed E-state index contributed by atoms with van der Waals surface area (Å²) < 4.78 is 46.0. The van der Waals surface area contributed by atoms with Crippen LogP contribution in [0.3, 0.4) is 0 Å². The van der Waals surface area contributed by atoms with Gasteiger partial charge in [-0.15, -0.1) is 0 Å². The van der Waals surface area contributed by atoms with Crippen LogP contribution in [0.1, 0.15) is 71.3 Å². The van der Waals surface area contributed by atoms with Crippen molar-refractivity contribution in [2.24, 2.45) is 0 Å². The fourth-order valence-corrected chi connectivity index (χ4v) is 6.76. The highest BCUT2D eigenvalue weighted by molar-refractivity contribution is 7.92. The van der Waals surface area contributed by atoms with E-state index in [1.54, 1.807) is 11.0 Å². The van der Waals surface area contributed by atoms with Crippen molar-refractivity contribution in [3.8, 4) is 0 Å². The lowest BCUT2D eigenvalue weighted by molar-refractivity contribution is -0.0716. The molecule has 1 amide bonds. The highest BCUT2D eigenvalue weighted by atomic mass is 32.2. The fourth-order valence-electron chi connectivity index (χ4n) is 5.46. The average molecular weight is 521 g/mol. The molecule has 2 aliphatic heterocycles. The first-order valence-electron chi connectivity index (χ1n) is 13.0. The van der Waals surface area contributed by atoms with Crippen molar-refractivity contribution in [1.82, 2.24) is 9.62 Å². The molecule has 1 aliphatic carbocycles. The summed E-state index contributed by atoms with van der Waals surface area (Å²) in [5, 5.41) is 1.21. The number of sulfonamides is 1. The van der Waals surface area contributed by atoms with E-state index < -0.39 is 33.3 Å². The van der Waals surface area contributed by atoms with Gasteiger partial charge >= 0.3 is 6.09 Å². The third-order valence-electron chi connectivity index (χ3n) is 7.21. The van der Waals surface area contributed by atoms with Crippen LogP contribution in [-0.4, -0.2) is 62.0 Å². The van der Waals surface area contributed by atoms with Gasteiger partial charge in [0.05, 0.1) is 37.0 Å². The van der Waals surface area contributed by atoms with Gasteiger partial charge in [0.15, 0.2) is 0 Å². The van der Waals surface area contributed by atoms with Gasteiger partial charge in [-0.1, -0.05) is 36.4 Å². The molecule has 4 rings (SSSR count). The van der Waals surface area contributed by atoms with Crippen molar-refractivity contribution in [3.05, 3.63) is 47.4 Å². The van der Waals surface area contributed by atoms with Gasteiger partial charge in [0.2, 0.25) is 10.0 Å². The number of ether oxygens (including phenoxy) is 3. The molecule has 1 N–H and O–H groups in total. The van der Waals surface area contributed by atoms with Crippen LogP contribution in [0.15, 0.2) is 41.8 Å². The van der Waals surface area contributed by atoms with Crippen LogP contribution in [0.2, 0.25) is 0 Å². The zero-order valence-electron chi connectivity index (χ0n) is 21.6. The summed E-state index contributed by atoms with van der Waals surface area (Å²) in [5.74, 6) is 0. The van der Waals surface area contributed by atoms with Gasteiger partial charge in [0, 0.05) is 12.0 Å². The smallest absolute Gasteiger partial charge is 0.410 e. The van der Waals surface area contributed by atoms with E-state index in [4.69, 9.17) is 14.2 Å². The molecule has 1 spiro atoms. The molecule has 1 saturated heterocycles. The van der Waals surface area contributed by atoms with Crippen molar-refractivity contribution in [1.29, 1.82) is 0 Å².